The fraction of sp³-hybridized carbons (Fsp3) is 0.357. The third-order valence-corrected chi connectivity index (χ3v) is 5.64. The minimum atomic E-state index is -3.42. The lowest BCUT2D eigenvalue weighted by atomic mass is 10.1. The van der Waals surface area contributed by atoms with Gasteiger partial charge in [0.2, 0.25) is 10.0 Å². The van der Waals surface area contributed by atoms with Crippen LogP contribution in [0, 0.1) is 0 Å². The number of hydrogen-bond donors (Lipinski definition) is 1. The predicted octanol–water partition coefficient (Wildman–Crippen LogP) is 2.19. The Morgan fingerprint density at radius 3 is 2.45 bits per heavy atom. The molecule has 122 valence electrons. The Bertz CT molecular complexity index is 732. The zero-order valence-corrected chi connectivity index (χ0v) is 14.3. The molecule has 0 bridgehead atoms. The molecule has 1 fully saturated rings. The monoisotopic (exact) mass is 363 g/mol. The first-order valence-electron chi connectivity index (χ1n) is 6.67. The van der Waals surface area contributed by atoms with Gasteiger partial charge in [0.05, 0.1) is 4.90 Å². The van der Waals surface area contributed by atoms with Crippen LogP contribution in [0.25, 0.3) is 10.8 Å². The second kappa shape index (κ2) is 7.57. The normalized spacial score (nSPS) is 16.8. The highest BCUT2D eigenvalue weighted by Gasteiger charge is 2.28. The third-order valence-electron chi connectivity index (χ3n) is 3.75. The molecule has 0 spiro atoms. The van der Waals surface area contributed by atoms with E-state index in [1.165, 1.54) is 4.31 Å². The maximum absolute atomic E-state index is 12.6. The first kappa shape index (κ1) is 19.1. The molecule has 0 aliphatic carbocycles. The van der Waals surface area contributed by atoms with Crippen molar-refractivity contribution in [3.63, 3.8) is 0 Å². The van der Waals surface area contributed by atoms with Crippen LogP contribution in [-0.2, 0) is 10.0 Å². The van der Waals surface area contributed by atoms with Crippen LogP contribution in [0.4, 0.5) is 0 Å². The zero-order valence-electron chi connectivity index (χ0n) is 11.9. The molecule has 2 N–H and O–H groups in total. The predicted molar refractivity (Wildman–Crippen MR) is 92.2 cm³/mol. The number of aromatic nitrogens is 1. The summed E-state index contributed by atoms with van der Waals surface area (Å²) in [6.07, 6.45) is 4.83. The van der Waals surface area contributed by atoms with Gasteiger partial charge in [0.25, 0.3) is 0 Å². The molecule has 0 atom stereocenters. The number of rotatable bonds is 2. The van der Waals surface area contributed by atoms with E-state index in [1.54, 1.807) is 30.6 Å². The van der Waals surface area contributed by atoms with E-state index < -0.39 is 10.0 Å². The van der Waals surface area contributed by atoms with Gasteiger partial charge in [0.1, 0.15) is 0 Å². The average molecular weight is 364 g/mol. The number of nitrogens with zero attached hydrogens (tertiary/aromatic N) is 2. The van der Waals surface area contributed by atoms with Crippen molar-refractivity contribution in [1.29, 1.82) is 0 Å². The molecule has 2 aromatic rings. The summed E-state index contributed by atoms with van der Waals surface area (Å²) < 4.78 is 26.7. The summed E-state index contributed by atoms with van der Waals surface area (Å²) in [5, 5.41) is 1.82. The van der Waals surface area contributed by atoms with E-state index in [-0.39, 0.29) is 30.9 Å². The van der Waals surface area contributed by atoms with Crippen LogP contribution in [0.3, 0.4) is 0 Å². The molecule has 22 heavy (non-hydrogen) atoms. The molecule has 2 heterocycles. The lowest BCUT2D eigenvalue weighted by Gasteiger charge is -2.29. The molecule has 5 nitrogen and oxygen atoms in total. The molecular weight excluding hydrogens is 345 g/mol. The Kier molecular flexibility index (Phi) is 6.58. The first-order chi connectivity index (χ1) is 9.57. The van der Waals surface area contributed by atoms with Gasteiger partial charge in [-0.2, -0.15) is 4.31 Å². The third kappa shape index (κ3) is 3.70. The van der Waals surface area contributed by atoms with Crippen molar-refractivity contribution >= 4 is 45.6 Å². The molecule has 1 aliphatic rings. The highest BCUT2D eigenvalue weighted by molar-refractivity contribution is 7.89. The highest BCUT2D eigenvalue weighted by atomic mass is 35.5. The van der Waals surface area contributed by atoms with Crippen LogP contribution >= 0.6 is 24.8 Å². The summed E-state index contributed by atoms with van der Waals surface area (Å²) in [5.74, 6) is 0. The lowest BCUT2D eigenvalue weighted by Crippen LogP contribution is -2.42. The molecular formula is C14H19Cl2N3O2S. The van der Waals surface area contributed by atoms with Crippen molar-refractivity contribution < 1.29 is 8.42 Å². The van der Waals surface area contributed by atoms with E-state index in [4.69, 9.17) is 5.73 Å². The number of sulfonamides is 1. The number of piperidine rings is 1. The van der Waals surface area contributed by atoms with E-state index in [1.807, 2.05) is 6.07 Å². The maximum Gasteiger partial charge on any atom is 0.243 e. The van der Waals surface area contributed by atoms with E-state index >= 15 is 0 Å². The van der Waals surface area contributed by atoms with Gasteiger partial charge in [-0.3, -0.25) is 4.98 Å². The summed E-state index contributed by atoms with van der Waals surface area (Å²) in [4.78, 5) is 4.37. The number of benzene rings is 1. The van der Waals surface area contributed by atoms with Gasteiger partial charge in [0, 0.05) is 36.9 Å². The van der Waals surface area contributed by atoms with Gasteiger partial charge in [0.15, 0.2) is 0 Å². The SMILES string of the molecule is Cl.Cl.NC1CCN(S(=O)(=O)c2ccc3cnccc3c2)CC1. The summed E-state index contributed by atoms with van der Waals surface area (Å²) in [6.45, 7) is 0.996. The standard InChI is InChI=1S/C14H17N3O2S.2ClH/c15-13-4-7-17(8-5-13)20(18,19)14-2-1-12-10-16-6-3-11(12)9-14;;/h1-3,6,9-10,13H,4-5,7-8,15H2;2*1H. The van der Waals surface area contributed by atoms with Gasteiger partial charge in [-0.05, 0) is 36.4 Å². The second-order valence-electron chi connectivity index (χ2n) is 5.13. The molecule has 1 aliphatic heterocycles. The molecule has 0 radical (unpaired) electrons. The Morgan fingerprint density at radius 1 is 1.09 bits per heavy atom. The van der Waals surface area contributed by atoms with Gasteiger partial charge < -0.3 is 5.73 Å². The number of fused-ring (bicyclic) bond motifs is 1. The summed E-state index contributed by atoms with van der Waals surface area (Å²) in [6, 6.07) is 7.09. The number of nitrogens with two attached hydrogens (primary N) is 1. The molecule has 3 rings (SSSR count). The first-order valence-corrected chi connectivity index (χ1v) is 8.11. The van der Waals surface area contributed by atoms with Crippen LogP contribution in [0.15, 0.2) is 41.6 Å². The largest absolute Gasteiger partial charge is 0.328 e. The molecule has 1 saturated heterocycles. The van der Waals surface area contributed by atoms with Crippen molar-refractivity contribution in [3.05, 3.63) is 36.7 Å². The van der Waals surface area contributed by atoms with E-state index in [0.29, 0.717) is 18.0 Å². The number of hydrogen-bond acceptors (Lipinski definition) is 4. The maximum atomic E-state index is 12.6. The van der Waals surface area contributed by atoms with E-state index in [0.717, 1.165) is 23.6 Å². The summed E-state index contributed by atoms with van der Waals surface area (Å²) >= 11 is 0. The van der Waals surface area contributed by atoms with Crippen LogP contribution in [0.1, 0.15) is 12.8 Å². The average Bonchev–Trinajstić information content (AvgIpc) is 2.47. The van der Waals surface area contributed by atoms with Crippen LogP contribution in [0.2, 0.25) is 0 Å². The van der Waals surface area contributed by atoms with Crippen molar-refractivity contribution in [3.8, 4) is 0 Å². The molecule has 8 heteroatoms. The molecule has 0 saturated carbocycles. The van der Waals surface area contributed by atoms with Crippen LogP contribution in [0.5, 0.6) is 0 Å². The van der Waals surface area contributed by atoms with Crippen LogP contribution < -0.4 is 5.73 Å². The van der Waals surface area contributed by atoms with Crippen molar-refractivity contribution in [2.45, 2.75) is 23.8 Å². The minimum absolute atomic E-state index is 0. The second-order valence-corrected chi connectivity index (χ2v) is 7.06. The molecule has 1 aromatic heterocycles. The van der Waals surface area contributed by atoms with Crippen molar-refractivity contribution in [2.75, 3.05) is 13.1 Å². The molecule has 0 amide bonds. The Balaban J connectivity index is 0.00000121. The van der Waals surface area contributed by atoms with Crippen molar-refractivity contribution in [1.82, 2.24) is 9.29 Å². The fourth-order valence-corrected chi connectivity index (χ4v) is 3.99. The zero-order chi connectivity index (χ0) is 14.2. The van der Waals surface area contributed by atoms with E-state index in [9.17, 15) is 8.42 Å². The highest BCUT2D eigenvalue weighted by Crippen LogP contribution is 2.23. The van der Waals surface area contributed by atoms with E-state index in [2.05, 4.69) is 4.98 Å². The van der Waals surface area contributed by atoms with Gasteiger partial charge in [-0.25, -0.2) is 8.42 Å². The molecule has 1 aromatic carbocycles. The smallest absolute Gasteiger partial charge is 0.243 e. The van der Waals surface area contributed by atoms with Crippen molar-refractivity contribution in [2.24, 2.45) is 5.73 Å². The quantitative estimate of drug-likeness (QED) is 0.886. The van der Waals surface area contributed by atoms with Gasteiger partial charge >= 0.3 is 0 Å². The van der Waals surface area contributed by atoms with Gasteiger partial charge in [-0.15, -0.1) is 24.8 Å². The fourth-order valence-electron chi connectivity index (χ4n) is 2.49. The Morgan fingerprint density at radius 2 is 1.77 bits per heavy atom. The number of pyridine rings is 1. The molecule has 0 unspecified atom stereocenters. The van der Waals surface area contributed by atoms with Crippen LogP contribution in [-0.4, -0.2) is 36.8 Å². The summed E-state index contributed by atoms with van der Waals surface area (Å²) in [5.41, 5.74) is 5.82. The number of halogens is 2. The Hall–Kier alpha value is -0.920. The minimum Gasteiger partial charge on any atom is -0.328 e. The lowest BCUT2D eigenvalue weighted by molar-refractivity contribution is 0.320. The van der Waals surface area contributed by atoms with Gasteiger partial charge in [-0.1, -0.05) is 6.07 Å². The Labute approximate surface area is 142 Å². The summed E-state index contributed by atoms with van der Waals surface area (Å²) in [7, 11) is -3.42. The topological polar surface area (TPSA) is 76.3 Å².